The molecule has 1 aliphatic heterocycles. The van der Waals surface area contributed by atoms with Crippen LogP contribution in [0.25, 0.3) is 10.9 Å². The second-order valence-electron chi connectivity index (χ2n) is 7.44. The van der Waals surface area contributed by atoms with Crippen LogP contribution in [0.1, 0.15) is 17.5 Å². The molecule has 0 atom stereocenters. The normalized spacial score (nSPS) is 13.8. The number of urea groups is 1. The number of fused-ring (bicyclic) bond motifs is 1. The van der Waals surface area contributed by atoms with Crippen LogP contribution in [-0.4, -0.2) is 65.2 Å². The van der Waals surface area contributed by atoms with Crippen LogP contribution >= 0.6 is 0 Å². The van der Waals surface area contributed by atoms with E-state index in [9.17, 15) is 4.79 Å². The molecule has 3 N–H and O–H groups in total. The van der Waals surface area contributed by atoms with Gasteiger partial charge in [-0.05, 0) is 43.0 Å². The maximum absolute atomic E-state index is 12.6. The lowest BCUT2D eigenvalue weighted by atomic mass is 10.1. The van der Waals surface area contributed by atoms with E-state index in [1.54, 1.807) is 0 Å². The molecule has 8 heteroatoms. The third-order valence-corrected chi connectivity index (χ3v) is 5.46. The Kier molecular flexibility index (Phi) is 7.86. The van der Waals surface area contributed by atoms with Crippen LogP contribution in [0.15, 0.2) is 48.9 Å². The molecule has 3 aromatic rings. The van der Waals surface area contributed by atoms with E-state index >= 15 is 0 Å². The summed E-state index contributed by atoms with van der Waals surface area (Å²) in [6.07, 6.45) is 7.57. The molecule has 2 amide bonds. The Morgan fingerprint density at radius 2 is 2.03 bits per heavy atom. The summed E-state index contributed by atoms with van der Waals surface area (Å²) >= 11 is 0. The van der Waals surface area contributed by atoms with Gasteiger partial charge in [0.1, 0.15) is 0 Å². The number of amides is 2. The molecule has 1 aromatic carbocycles. The number of nitrogens with zero attached hydrogens (tertiary/aromatic N) is 3. The Morgan fingerprint density at radius 3 is 2.84 bits per heavy atom. The molecule has 0 aliphatic carbocycles. The number of carboxylic acid groups (broad SMARTS) is 1. The van der Waals surface area contributed by atoms with Crippen LogP contribution < -0.4 is 10.2 Å². The van der Waals surface area contributed by atoms with E-state index in [4.69, 9.17) is 9.90 Å². The molecule has 31 heavy (non-hydrogen) atoms. The van der Waals surface area contributed by atoms with Gasteiger partial charge in [-0.2, -0.15) is 0 Å². The van der Waals surface area contributed by atoms with E-state index in [1.165, 1.54) is 22.2 Å². The molecule has 8 nitrogen and oxygen atoms in total. The first-order chi connectivity index (χ1) is 15.1. The van der Waals surface area contributed by atoms with Crippen molar-refractivity contribution in [2.24, 2.45) is 0 Å². The lowest BCUT2D eigenvalue weighted by Gasteiger charge is -2.25. The number of hydrogen-bond donors (Lipinski definition) is 3. The largest absolute Gasteiger partial charge is 0.483 e. The first-order valence-electron chi connectivity index (χ1n) is 10.4. The number of carbonyl (C=O) groups excluding carboxylic acids is 1. The van der Waals surface area contributed by atoms with E-state index < -0.39 is 0 Å². The summed E-state index contributed by atoms with van der Waals surface area (Å²) in [6.45, 7) is 5.82. The number of carbonyl (C=O) groups is 2. The Morgan fingerprint density at radius 1 is 1.23 bits per heavy atom. The number of anilines is 1. The summed E-state index contributed by atoms with van der Waals surface area (Å²) in [6, 6.07) is 10.4. The zero-order valence-electron chi connectivity index (χ0n) is 17.8. The second kappa shape index (κ2) is 11.0. The maximum Gasteiger partial charge on any atom is 0.317 e. The molecule has 1 saturated heterocycles. The van der Waals surface area contributed by atoms with Gasteiger partial charge in [0.15, 0.2) is 0 Å². The highest BCUT2D eigenvalue weighted by Crippen LogP contribution is 2.20. The van der Waals surface area contributed by atoms with Crippen molar-refractivity contribution in [3.8, 4) is 0 Å². The fraction of sp³-hybridized carbons (Fsp3) is 0.348. The highest BCUT2D eigenvalue weighted by atomic mass is 16.3. The van der Waals surface area contributed by atoms with Gasteiger partial charge in [-0.3, -0.25) is 9.78 Å². The van der Waals surface area contributed by atoms with Crippen LogP contribution in [-0.2, 0) is 11.2 Å². The van der Waals surface area contributed by atoms with Crippen molar-refractivity contribution in [1.29, 1.82) is 0 Å². The Labute approximate surface area is 181 Å². The van der Waals surface area contributed by atoms with Crippen LogP contribution in [0.4, 0.5) is 10.5 Å². The summed E-state index contributed by atoms with van der Waals surface area (Å²) in [5.41, 5.74) is 4.78. The van der Waals surface area contributed by atoms with Gasteiger partial charge in [0.2, 0.25) is 0 Å². The van der Waals surface area contributed by atoms with Gasteiger partial charge in [-0.15, -0.1) is 0 Å². The highest BCUT2D eigenvalue weighted by Gasteiger charge is 2.20. The number of H-pyrrole nitrogens is 1. The average Bonchev–Trinajstić information content (AvgIpc) is 3.02. The molecule has 0 radical (unpaired) electrons. The van der Waals surface area contributed by atoms with Crippen molar-refractivity contribution in [3.05, 3.63) is 60.0 Å². The predicted molar refractivity (Wildman–Crippen MR) is 121 cm³/mol. The van der Waals surface area contributed by atoms with Gasteiger partial charge in [-0.1, -0.05) is 18.2 Å². The third kappa shape index (κ3) is 5.75. The third-order valence-electron chi connectivity index (χ3n) is 5.46. The predicted octanol–water partition coefficient (Wildman–Crippen LogP) is 3.04. The molecule has 2 aromatic heterocycles. The molecule has 1 aliphatic rings. The number of para-hydroxylation sites is 1. The highest BCUT2D eigenvalue weighted by molar-refractivity contribution is 5.83. The van der Waals surface area contributed by atoms with Crippen molar-refractivity contribution in [2.75, 3.05) is 37.6 Å². The Bertz CT molecular complexity index is 1000. The van der Waals surface area contributed by atoms with E-state index in [0.29, 0.717) is 6.54 Å². The molecular formula is C23H29N5O3. The zero-order chi connectivity index (χ0) is 22.1. The number of aryl methyl sites for hydroxylation is 1. The average molecular weight is 424 g/mol. The number of aromatic nitrogens is 2. The molecule has 1 fully saturated rings. The summed E-state index contributed by atoms with van der Waals surface area (Å²) in [7, 11) is 0. The molecule has 0 spiro atoms. The first kappa shape index (κ1) is 22.1. The van der Waals surface area contributed by atoms with E-state index in [2.05, 4.69) is 45.3 Å². The van der Waals surface area contributed by atoms with Gasteiger partial charge in [0.25, 0.3) is 6.47 Å². The van der Waals surface area contributed by atoms with Gasteiger partial charge >= 0.3 is 6.03 Å². The minimum Gasteiger partial charge on any atom is -0.483 e. The Balaban J connectivity index is 0.000000858. The summed E-state index contributed by atoms with van der Waals surface area (Å²) < 4.78 is 0. The monoisotopic (exact) mass is 423 g/mol. The van der Waals surface area contributed by atoms with E-state index in [0.717, 1.165) is 44.5 Å². The summed E-state index contributed by atoms with van der Waals surface area (Å²) in [5, 5.41) is 11.2. The SMILES string of the molecule is Cc1cnccc1N1CCCN(C(=O)NCCc2c[nH]c3ccccc23)CC1.O=CO. The number of benzene rings is 1. The van der Waals surface area contributed by atoms with Crippen LogP contribution in [0, 0.1) is 6.92 Å². The van der Waals surface area contributed by atoms with Crippen molar-refractivity contribution < 1.29 is 14.7 Å². The molecule has 0 saturated carbocycles. The lowest BCUT2D eigenvalue weighted by molar-refractivity contribution is -0.122. The van der Waals surface area contributed by atoms with Crippen molar-refractivity contribution in [3.63, 3.8) is 0 Å². The van der Waals surface area contributed by atoms with Crippen molar-refractivity contribution in [2.45, 2.75) is 19.8 Å². The first-order valence-corrected chi connectivity index (χ1v) is 10.4. The quantitative estimate of drug-likeness (QED) is 0.560. The number of hydrogen-bond acceptors (Lipinski definition) is 4. The van der Waals surface area contributed by atoms with E-state index in [1.807, 2.05) is 35.6 Å². The van der Waals surface area contributed by atoms with Crippen molar-refractivity contribution >= 4 is 29.1 Å². The van der Waals surface area contributed by atoms with Gasteiger partial charge < -0.3 is 25.2 Å². The standard InChI is InChI=1S/C22H27N5O.CH2O2/c1-17-15-23-9-8-21(17)26-11-4-12-27(14-13-26)22(28)24-10-7-18-16-25-20-6-3-2-5-19(18)20;2-1-3/h2-3,5-6,8-9,15-16,25H,4,7,10-14H2,1H3,(H,24,28);1H,(H,2,3). The van der Waals surface area contributed by atoms with Crippen LogP contribution in [0.2, 0.25) is 0 Å². The Hall–Kier alpha value is -3.55. The van der Waals surface area contributed by atoms with Crippen LogP contribution in [0.5, 0.6) is 0 Å². The minimum atomic E-state index is -0.250. The van der Waals surface area contributed by atoms with Gasteiger partial charge in [-0.25, -0.2) is 4.79 Å². The smallest absolute Gasteiger partial charge is 0.317 e. The molecule has 3 heterocycles. The van der Waals surface area contributed by atoms with Gasteiger partial charge in [0.05, 0.1) is 0 Å². The topological polar surface area (TPSA) is 102 Å². The minimum absolute atomic E-state index is 0.0353. The summed E-state index contributed by atoms with van der Waals surface area (Å²) in [5.74, 6) is 0. The molecule has 4 rings (SSSR count). The molecule has 164 valence electrons. The number of rotatable bonds is 4. The number of aromatic amines is 1. The van der Waals surface area contributed by atoms with Crippen LogP contribution in [0.3, 0.4) is 0 Å². The molecule has 0 unspecified atom stereocenters. The number of pyridine rings is 1. The van der Waals surface area contributed by atoms with Crippen molar-refractivity contribution in [1.82, 2.24) is 20.2 Å². The fourth-order valence-electron chi connectivity index (χ4n) is 3.94. The fourth-order valence-corrected chi connectivity index (χ4v) is 3.94. The lowest BCUT2D eigenvalue weighted by Crippen LogP contribution is -2.42. The van der Waals surface area contributed by atoms with Gasteiger partial charge in [0, 0.05) is 67.9 Å². The zero-order valence-corrected chi connectivity index (χ0v) is 17.8. The van der Waals surface area contributed by atoms with E-state index in [-0.39, 0.29) is 12.5 Å². The summed E-state index contributed by atoms with van der Waals surface area (Å²) in [4.78, 5) is 32.8. The maximum atomic E-state index is 12.6. The molecule has 0 bridgehead atoms. The number of nitrogens with one attached hydrogen (secondary N) is 2. The second-order valence-corrected chi connectivity index (χ2v) is 7.44. The molecular weight excluding hydrogens is 394 g/mol.